The van der Waals surface area contributed by atoms with Crippen LogP contribution in [0.2, 0.25) is 0 Å². The first-order chi connectivity index (χ1) is 13.0. The molecule has 0 bridgehead atoms. The van der Waals surface area contributed by atoms with Gasteiger partial charge in [0.2, 0.25) is 0 Å². The lowest BCUT2D eigenvalue weighted by Crippen LogP contribution is -2.49. The number of nitrogens with zero attached hydrogens (tertiary/aromatic N) is 3. The number of carbonyl (C=O) groups is 2. The zero-order valence-electron chi connectivity index (χ0n) is 15.9. The summed E-state index contributed by atoms with van der Waals surface area (Å²) < 4.78 is 0. The third-order valence-corrected chi connectivity index (χ3v) is 4.61. The number of hydrogen-bond donors (Lipinski definition) is 1. The summed E-state index contributed by atoms with van der Waals surface area (Å²) in [5.41, 5.74) is 1.19. The molecule has 0 unspecified atom stereocenters. The molecule has 1 fully saturated rings. The van der Waals surface area contributed by atoms with Gasteiger partial charge in [-0.2, -0.15) is 0 Å². The van der Waals surface area contributed by atoms with Crippen molar-refractivity contribution in [3.63, 3.8) is 0 Å². The average molecular weight is 366 g/mol. The van der Waals surface area contributed by atoms with E-state index in [1.54, 1.807) is 30.5 Å². The lowest BCUT2D eigenvalue weighted by atomic mass is 10.1. The molecule has 0 saturated carbocycles. The Morgan fingerprint density at radius 3 is 2.26 bits per heavy atom. The van der Waals surface area contributed by atoms with Crippen LogP contribution >= 0.6 is 0 Å². The first kappa shape index (κ1) is 18.9. The van der Waals surface area contributed by atoms with Gasteiger partial charge in [0, 0.05) is 50.0 Å². The van der Waals surface area contributed by atoms with Crippen molar-refractivity contribution in [2.45, 2.75) is 13.8 Å². The molecule has 1 aliphatic rings. The monoisotopic (exact) mass is 366 g/mol. The SMILES string of the molecule is CC(C)CNC(=O)c1ccc(C(=O)N2CCN(c3ccccn3)CC2)cc1. The van der Waals surface area contributed by atoms with E-state index >= 15 is 0 Å². The molecule has 2 heterocycles. The first-order valence-corrected chi connectivity index (χ1v) is 9.38. The number of piperazine rings is 1. The van der Waals surface area contributed by atoms with Gasteiger partial charge in [-0.25, -0.2) is 4.98 Å². The third kappa shape index (κ3) is 4.84. The zero-order chi connectivity index (χ0) is 19.2. The van der Waals surface area contributed by atoms with Gasteiger partial charge in [0.05, 0.1) is 0 Å². The minimum Gasteiger partial charge on any atom is -0.353 e. The second kappa shape index (κ2) is 8.66. The van der Waals surface area contributed by atoms with E-state index in [0.29, 0.717) is 36.7 Å². The van der Waals surface area contributed by atoms with Crippen LogP contribution in [0.3, 0.4) is 0 Å². The van der Waals surface area contributed by atoms with Gasteiger partial charge in [-0.05, 0) is 42.3 Å². The Morgan fingerprint density at radius 1 is 1.00 bits per heavy atom. The molecule has 0 spiro atoms. The highest BCUT2D eigenvalue weighted by Gasteiger charge is 2.22. The fourth-order valence-corrected chi connectivity index (χ4v) is 3.03. The molecule has 27 heavy (non-hydrogen) atoms. The van der Waals surface area contributed by atoms with E-state index in [1.807, 2.05) is 23.1 Å². The number of benzene rings is 1. The van der Waals surface area contributed by atoms with E-state index in [2.05, 4.69) is 29.0 Å². The van der Waals surface area contributed by atoms with Crippen molar-refractivity contribution in [3.05, 3.63) is 59.8 Å². The Hall–Kier alpha value is -2.89. The van der Waals surface area contributed by atoms with Gasteiger partial charge >= 0.3 is 0 Å². The lowest BCUT2D eigenvalue weighted by molar-refractivity contribution is 0.0746. The molecule has 6 nitrogen and oxygen atoms in total. The lowest BCUT2D eigenvalue weighted by Gasteiger charge is -2.35. The maximum Gasteiger partial charge on any atom is 0.253 e. The molecule has 1 aromatic heterocycles. The molecule has 1 aromatic carbocycles. The summed E-state index contributed by atoms with van der Waals surface area (Å²) in [7, 11) is 0. The van der Waals surface area contributed by atoms with Gasteiger partial charge in [-0.15, -0.1) is 0 Å². The Balaban J connectivity index is 1.56. The van der Waals surface area contributed by atoms with E-state index < -0.39 is 0 Å². The Bertz CT molecular complexity index is 767. The van der Waals surface area contributed by atoms with Gasteiger partial charge < -0.3 is 15.1 Å². The van der Waals surface area contributed by atoms with E-state index in [0.717, 1.165) is 18.9 Å². The van der Waals surface area contributed by atoms with Crippen LogP contribution in [0.5, 0.6) is 0 Å². The predicted octanol–water partition coefficient (Wildman–Crippen LogP) is 2.43. The highest BCUT2D eigenvalue weighted by atomic mass is 16.2. The van der Waals surface area contributed by atoms with Crippen LogP contribution in [0.25, 0.3) is 0 Å². The topological polar surface area (TPSA) is 65.5 Å². The predicted molar refractivity (Wildman–Crippen MR) is 106 cm³/mol. The first-order valence-electron chi connectivity index (χ1n) is 9.38. The van der Waals surface area contributed by atoms with Crippen LogP contribution in [-0.4, -0.2) is 54.4 Å². The Morgan fingerprint density at radius 2 is 1.67 bits per heavy atom. The molecular formula is C21H26N4O2. The van der Waals surface area contributed by atoms with Crippen LogP contribution in [-0.2, 0) is 0 Å². The van der Waals surface area contributed by atoms with Gasteiger partial charge in [-0.3, -0.25) is 9.59 Å². The van der Waals surface area contributed by atoms with Gasteiger partial charge in [-0.1, -0.05) is 19.9 Å². The highest BCUT2D eigenvalue weighted by Crippen LogP contribution is 2.15. The van der Waals surface area contributed by atoms with Gasteiger partial charge in [0.25, 0.3) is 11.8 Å². The second-order valence-corrected chi connectivity index (χ2v) is 7.15. The van der Waals surface area contributed by atoms with Crippen molar-refractivity contribution in [1.29, 1.82) is 0 Å². The van der Waals surface area contributed by atoms with E-state index in [9.17, 15) is 9.59 Å². The summed E-state index contributed by atoms with van der Waals surface area (Å²) in [6, 6.07) is 12.8. The third-order valence-electron chi connectivity index (χ3n) is 4.61. The van der Waals surface area contributed by atoms with E-state index in [4.69, 9.17) is 0 Å². The molecule has 142 valence electrons. The van der Waals surface area contributed by atoms with E-state index in [1.165, 1.54) is 0 Å². The minimum atomic E-state index is -0.105. The number of hydrogen-bond acceptors (Lipinski definition) is 4. The molecule has 1 aliphatic heterocycles. The second-order valence-electron chi connectivity index (χ2n) is 7.15. The summed E-state index contributed by atoms with van der Waals surface area (Å²) in [5.74, 6) is 1.25. The fraction of sp³-hybridized carbons (Fsp3) is 0.381. The number of nitrogens with one attached hydrogen (secondary N) is 1. The molecule has 2 amide bonds. The van der Waals surface area contributed by atoms with Crippen molar-refractivity contribution in [3.8, 4) is 0 Å². The normalized spacial score (nSPS) is 14.3. The fourth-order valence-electron chi connectivity index (χ4n) is 3.03. The zero-order valence-corrected chi connectivity index (χ0v) is 15.9. The molecule has 0 radical (unpaired) electrons. The van der Waals surface area contributed by atoms with Crippen molar-refractivity contribution >= 4 is 17.6 Å². The van der Waals surface area contributed by atoms with Crippen molar-refractivity contribution in [2.75, 3.05) is 37.6 Å². The Labute approximate surface area is 160 Å². The number of rotatable bonds is 5. The van der Waals surface area contributed by atoms with Crippen LogP contribution in [0.1, 0.15) is 34.6 Å². The quantitative estimate of drug-likeness (QED) is 0.883. The molecule has 1 N–H and O–H groups in total. The number of aromatic nitrogens is 1. The number of anilines is 1. The average Bonchev–Trinajstić information content (AvgIpc) is 2.72. The molecule has 3 rings (SSSR count). The summed E-state index contributed by atoms with van der Waals surface area (Å²) >= 11 is 0. The van der Waals surface area contributed by atoms with E-state index in [-0.39, 0.29) is 11.8 Å². The molecule has 1 saturated heterocycles. The van der Waals surface area contributed by atoms with Gasteiger partial charge in [0.15, 0.2) is 0 Å². The largest absolute Gasteiger partial charge is 0.353 e. The van der Waals surface area contributed by atoms with Crippen LogP contribution < -0.4 is 10.2 Å². The molecular weight excluding hydrogens is 340 g/mol. The van der Waals surface area contributed by atoms with Crippen LogP contribution in [0, 0.1) is 5.92 Å². The highest BCUT2D eigenvalue weighted by molar-refractivity contribution is 5.97. The summed E-state index contributed by atoms with van der Waals surface area (Å²) in [5, 5.41) is 2.89. The molecule has 6 heteroatoms. The molecule has 2 aromatic rings. The van der Waals surface area contributed by atoms with Crippen LogP contribution in [0.4, 0.5) is 5.82 Å². The maximum absolute atomic E-state index is 12.7. The summed E-state index contributed by atoms with van der Waals surface area (Å²) in [6.45, 7) is 7.58. The van der Waals surface area contributed by atoms with Gasteiger partial charge in [0.1, 0.15) is 5.82 Å². The summed E-state index contributed by atoms with van der Waals surface area (Å²) in [4.78, 5) is 33.2. The minimum absolute atomic E-state index is 0.00445. The summed E-state index contributed by atoms with van der Waals surface area (Å²) in [6.07, 6.45) is 1.78. The smallest absolute Gasteiger partial charge is 0.253 e. The Kier molecular flexibility index (Phi) is 6.06. The standard InChI is InChI=1S/C21H26N4O2/c1-16(2)15-23-20(26)17-6-8-18(9-7-17)21(27)25-13-11-24(12-14-25)19-5-3-4-10-22-19/h3-10,16H,11-15H2,1-2H3,(H,23,26). The van der Waals surface area contributed by atoms with Crippen molar-refractivity contribution < 1.29 is 9.59 Å². The number of pyridine rings is 1. The maximum atomic E-state index is 12.7. The number of carbonyl (C=O) groups excluding carboxylic acids is 2. The van der Waals surface area contributed by atoms with Crippen LogP contribution in [0.15, 0.2) is 48.7 Å². The van der Waals surface area contributed by atoms with Crippen molar-refractivity contribution in [1.82, 2.24) is 15.2 Å². The van der Waals surface area contributed by atoms with Crippen molar-refractivity contribution in [2.24, 2.45) is 5.92 Å². The molecule has 0 atom stereocenters. The number of amides is 2. The molecule has 0 aliphatic carbocycles.